The highest BCUT2D eigenvalue weighted by molar-refractivity contribution is 6.00. The van der Waals surface area contributed by atoms with E-state index in [-0.39, 0.29) is 13.2 Å². The molecule has 0 saturated carbocycles. The van der Waals surface area contributed by atoms with Gasteiger partial charge in [-0.3, -0.25) is 15.3 Å². The van der Waals surface area contributed by atoms with Crippen molar-refractivity contribution in [1.82, 2.24) is 5.48 Å². The van der Waals surface area contributed by atoms with Crippen molar-refractivity contribution in [3.8, 4) is 5.75 Å². The minimum absolute atomic E-state index is 0.120. The van der Waals surface area contributed by atoms with Crippen LogP contribution in [0.25, 0.3) is 10.8 Å². The first-order valence-electron chi connectivity index (χ1n) is 10.5. The first kappa shape index (κ1) is 24.7. The molecule has 0 heterocycles. The van der Waals surface area contributed by atoms with Crippen molar-refractivity contribution in [1.29, 1.82) is 0 Å². The van der Waals surface area contributed by atoms with Crippen LogP contribution in [0.15, 0.2) is 78.9 Å². The number of benzene rings is 3. The van der Waals surface area contributed by atoms with E-state index in [9.17, 15) is 9.59 Å². The summed E-state index contributed by atoms with van der Waals surface area (Å²) in [5, 5.41) is 22.3. The Kier molecular flexibility index (Phi) is 8.98. The van der Waals surface area contributed by atoms with Crippen LogP contribution in [0.2, 0.25) is 0 Å². The maximum Gasteiger partial charge on any atom is 0.412 e. The lowest BCUT2D eigenvalue weighted by Crippen LogP contribution is -2.27. The number of anilines is 1. The van der Waals surface area contributed by atoms with E-state index in [1.165, 1.54) is 18.7 Å². The van der Waals surface area contributed by atoms with E-state index in [0.29, 0.717) is 17.0 Å². The zero-order valence-corrected chi connectivity index (χ0v) is 18.5. The van der Waals surface area contributed by atoms with E-state index < -0.39 is 24.2 Å². The third-order valence-electron chi connectivity index (χ3n) is 4.95. The van der Waals surface area contributed by atoms with Crippen LogP contribution in [-0.2, 0) is 14.3 Å². The summed E-state index contributed by atoms with van der Waals surface area (Å²) in [4.78, 5) is 24.3. The maximum absolute atomic E-state index is 12.9. The van der Waals surface area contributed by atoms with Crippen molar-refractivity contribution in [3.63, 3.8) is 0 Å². The molecule has 0 bridgehead atoms. The Morgan fingerprint density at radius 2 is 1.76 bits per heavy atom. The molecule has 0 unspecified atom stereocenters. The number of hydrogen-bond donors (Lipinski definition) is 4. The van der Waals surface area contributed by atoms with Crippen LogP contribution < -0.4 is 15.5 Å². The highest BCUT2D eigenvalue weighted by Crippen LogP contribution is 2.28. The van der Waals surface area contributed by atoms with E-state index in [1.807, 2.05) is 36.4 Å². The third-order valence-corrected chi connectivity index (χ3v) is 4.95. The molecule has 0 aliphatic heterocycles. The van der Waals surface area contributed by atoms with Crippen molar-refractivity contribution < 1.29 is 34.1 Å². The van der Waals surface area contributed by atoms with Gasteiger partial charge in [-0.1, -0.05) is 48.5 Å². The average molecular weight is 466 g/mol. The Hall–Kier alpha value is -3.92. The van der Waals surface area contributed by atoms with Crippen LogP contribution >= 0.6 is 0 Å². The van der Waals surface area contributed by atoms with Gasteiger partial charge < -0.3 is 19.3 Å². The molecule has 3 aromatic carbocycles. The summed E-state index contributed by atoms with van der Waals surface area (Å²) in [6.07, 6.45) is -0.0536. The minimum Gasteiger partial charge on any atom is -0.491 e. The molecule has 178 valence electrons. The number of ether oxygens (including phenoxy) is 3. The van der Waals surface area contributed by atoms with Crippen molar-refractivity contribution in [2.45, 2.75) is 12.2 Å². The number of nitrogens with one attached hydrogen (secondary N) is 2. The molecule has 34 heavy (non-hydrogen) atoms. The van der Waals surface area contributed by atoms with E-state index >= 15 is 0 Å². The number of methoxy groups -OCH3 is 1. The second-order valence-corrected chi connectivity index (χ2v) is 7.15. The van der Waals surface area contributed by atoms with Gasteiger partial charge in [0.25, 0.3) is 5.91 Å². The standard InChI is InChI=1S/C25H26N2O7/c1-32-22(13-14-23(29)27-31)24(18-9-11-19(12-10-18)33-16-15-28)34-25(30)26-21-8-4-6-17-5-2-3-7-20(17)21/h2-14,22,24,28,31H,15-16H2,1H3,(H,26,30)(H,27,29)/b14-13+/t22-,24-/m1/s1. The third kappa shape index (κ3) is 6.55. The van der Waals surface area contributed by atoms with Crippen molar-refractivity contribution in [2.24, 2.45) is 0 Å². The predicted octanol–water partition coefficient (Wildman–Crippen LogP) is 3.58. The number of carbonyl (C=O) groups excluding carboxylic acids is 2. The molecule has 2 amide bonds. The predicted molar refractivity (Wildman–Crippen MR) is 126 cm³/mol. The molecule has 3 rings (SSSR count). The topological polar surface area (TPSA) is 126 Å². The van der Waals surface area contributed by atoms with Gasteiger partial charge in [0.15, 0.2) is 6.10 Å². The maximum atomic E-state index is 12.9. The second-order valence-electron chi connectivity index (χ2n) is 7.15. The number of fused-ring (bicyclic) bond motifs is 1. The summed E-state index contributed by atoms with van der Waals surface area (Å²) in [7, 11) is 1.41. The first-order valence-corrected chi connectivity index (χ1v) is 10.5. The van der Waals surface area contributed by atoms with Crippen molar-refractivity contribution in [2.75, 3.05) is 25.6 Å². The molecule has 3 aromatic rings. The normalized spacial score (nSPS) is 12.8. The first-order chi connectivity index (χ1) is 16.5. The van der Waals surface area contributed by atoms with Gasteiger partial charge in [0.05, 0.1) is 12.3 Å². The Labute approximate surface area is 196 Å². The number of carbonyl (C=O) groups is 2. The second kappa shape index (κ2) is 12.4. The molecule has 9 nitrogen and oxygen atoms in total. The SMILES string of the molecule is CO[C@H](/C=C/C(=O)NO)[C@H](OC(=O)Nc1cccc2ccccc12)c1ccc(OCCO)cc1. The molecule has 0 spiro atoms. The summed E-state index contributed by atoms with van der Waals surface area (Å²) in [5.41, 5.74) is 2.66. The summed E-state index contributed by atoms with van der Waals surface area (Å²) >= 11 is 0. The molecular weight excluding hydrogens is 440 g/mol. The zero-order chi connectivity index (χ0) is 24.3. The lowest BCUT2D eigenvalue weighted by Gasteiger charge is -2.25. The van der Waals surface area contributed by atoms with Crippen LogP contribution in [0.4, 0.5) is 10.5 Å². The van der Waals surface area contributed by atoms with Gasteiger partial charge in [-0.25, -0.2) is 10.3 Å². The number of hydroxylamine groups is 1. The number of hydrogen-bond acceptors (Lipinski definition) is 7. The fourth-order valence-electron chi connectivity index (χ4n) is 3.35. The van der Waals surface area contributed by atoms with Gasteiger partial charge in [-0.15, -0.1) is 0 Å². The molecule has 2 atom stereocenters. The van der Waals surface area contributed by atoms with Gasteiger partial charge >= 0.3 is 6.09 Å². The van der Waals surface area contributed by atoms with E-state index in [0.717, 1.165) is 16.8 Å². The Morgan fingerprint density at radius 3 is 2.47 bits per heavy atom. The van der Waals surface area contributed by atoms with E-state index in [4.69, 9.17) is 24.5 Å². The number of rotatable bonds is 10. The Morgan fingerprint density at radius 1 is 1.03 bits per heavy atom. The molecule has 0 saturated heterocycles. The quantitative estimate of drug-likeness (QED) is 0.204. The van der Waals surface area contributed by atoms with Gasteiger partial charge in [0.2, 0.25) is 0 Å². The molecular formula is C25H26N2O7. The van der Waals surface area contributed by atoms with Gasteiger partial charge in [0.1, 0.15) is 18.5 Å². The van der Waals surface area contributed by atoms with Gasteiger partial charge in [0, 0.05) is 18.6 Å². The molecule has 9 heteroatoms. The fourth-order valence-corrected chi connectivity index (χ4v) is 3.35. The lowest BCUT2D eigenvalue weighted by atomic mass is 10.0. The van der Waals surface area contributed by atoms with Crippen LogP contribution in [0.5, 0.6) is 5.75 Å². The van der Waals surface area contributed by atoms with E-state index in [1.54, 1.807) is 30.3 Å². The summed E-state index contributed by atoms with van der Waals surface area (Å²) in [6, 6.07) is 19.9. The number of aliphatic hydroxyl groups excluding tert-OH is 1. The van der Waals surface area contributed by atoms with Crippen LogP contribution in [0, 0.1) is 0 Å². The highest BCUT2D eigenvalue weighted by atomic mass is 16.6. The van der Waals surface area contributed by atoms with Crippen molar-refractivity contribution >= 4 is 28.5 Å². The van der Waals surface area contributed by atoms with Crippen LogP contribution in [0.1, 0.15) is 11.7 Å². The lowest BCUT2D eigenvalue weighted by molar-refractivity contribution is -0.124. The molecule has 0 aliphatic rings. The fraction of sp³-hybridized carbons (Fsp3) is 0.200. The number of aliphatic hydroxyl groups is 1. The summed E-state index contributed by atoms with van der Waals surface area (Å²) in [6.45, 7) is 0.0255. The summed E-state index contributed by atoms with van der Waals surface area (Å²) < 4.78 is 16.6. The average Bonchev–Trinajstić information content (AvgIpc) is 2.87. The van der Waals surface area contributed by atoms with Gasteiger partial charge in [-0.2, -0.15) is 0 Å². The minimum atomic E-state index is -0.936. The number of amides is 2. The monoisotopic (exact) mass is 466 g/mol. The molecule has 0 aliphatic carbocycles. The molecule has 0 aromatic heterocycles. The zero-order valence-electron chi connectivity index (χ0n) is 18.5. The summed E-state index contributed by atoms with van der Waals surface area (Å²) in [5.74, 6) is -0.227. The Bertz CT molecular complexity index is 1130. The van der Waals surface area contributed by atoms with Gasteiger partial charge in [-0.05, 0) is 35.2 Å². The van der Waals surface area contributed by atoms with Crippen LogP contribution in [-0.4, -0.2) is 48.7 Å². The largest absolute Gasteiger partial charge is 0.491 e. The molecule has 0 radical (unpaired) electrons. The molecule has 4 N–H and O–H groups in total. The highest BCUT2D eigenvalue weighted by Gasteiger charge is 2.26. The van der Waals surface area contributed by atoms with E-state index in [2.05, 4.69) is 5.32 Å². The Balaban J connectivity index is 1.85. The smallest absolute Gasteiger partial charge is 0.412 e. The van der Waals surface area contributed by atoms with Crippen molar-refractivity contribution in [3.05, 3.63) is 84.4 Å². The van der Waals surface area contributed by atoms with Crippen LogP contribution in [0.3, 0.4) is 0 Å². The molecule has 0 fully saturated rings.